The maximum absolute atomic E-state index is 13.5. The van der Waals surface area contributed by atoms with Gasteiger partial charge in [-0.1, -0.05) is 17.7 Å². The normalized spacial score (nSPS) is 20.1. The Morgan fingerprint density at radius 2 is 2.09 bits per heavy atom. The first-order chi connectivity index (χ1) is 15.3. The highest BCUT2D eigenvalue weighted by atomic mass is 35.5. The standard InChI is InChI=1S/C22H26ClN5O4/c1-13-4-5-14(10-16(13)23)26-19(29)17-18-20(30)28(15-6-7-15)22(2,11-27(18)12-25-17)21(31)24-8-9-32-3/h4-5,10,12,15H,6-9,11H2,1-3H3,(H,24,31)(H,26,29). The molecule has 0 spiro atoms. The number of methoxy groups -OCH3 is 1. The third-order valence-corrected chi connectivity index (χ3v) is 6.31. The molecule has 0 radical (unpaired) electrons. The Morgan fingerprint density at radius 1 is 1.34 bits per heavy atom. The minimum atomic E-state index is -1.09. The summed E-state index contributed by atoms with van der Waals surface area (Å²) in [7, 11) is 1.56. The second-order valence-corrected chi connectivity index (χ2v) is 8.82. The van der Waals surface area contributed by atoms with Crippen LogP contribution in [0.25, 0.3) is 0 Å². The highest BCUT2D eigenvalue weighted by Gasteiger charge is 2.53. The number of carbonyl (C=O) groups is 3. The van der Waals surface area contributed by atoms with Gasteiger partial charge >= 0.3 is 0 Å². The molecule has 1 fully saturated rings. The van der Waals surface area contributed by atoms with Gasteiger partial charge in [-0.05, 0) is 44.4 Å². The number of anilines is 1. The largest absolute Gasteiger partial charge is 0.383 e. The third kappa shape index (κ3) is 3.98. The third-order valence-electron chi connectivity index (χ3n) is 5.91. The van der Waals surface area contributed by atoms with E-state index in [9.17, 15) is 14.4 Å². The number of nitrogens with one attached hydrogen (secondary N) is 2. The van der Waals surface area contributed by atoms with E-state index in [0.717, 1.165) is 18.4 Å². The van der Waals surface area contributed by atoms with Crippen LogP contribution in [0.5, 0.6) is 0 Å². The van der Waals surface area contributed by atoms with Crippen LogP contribution < -0.4 is 10.6 Å². The summed E-state index contributed by atoms with van der Waals surface area (Å²) in [5, 5.41) is 6.13. The molecule has 10 heteroatoms. The number of carbonyl (C=O) groups excluding carboxylic acids is 3. The lowest BCUT2D eigenvalue weighted by atomic mass is 9.94. The van der Waals surface area contributed by atoms with Crippen LogP contribution in [0, 0.1) is 6.92 Å². The molecule has 1 aliphatic carbocycles. The Morgan fingerprint density at radius 3 is 2.75 bits per heavy atom. The van der Waals surface area contributed by atoms with Crippen molar-refractivity contribution >= 4 is 35.0 Å². The van der Waals surface area contributed by atoms with Gasteiger partial charge in [-0.2, -0.15) is 0 Å². The van der Waals surface area contributed by atoms with Crippen molar-refractivity contribution in [2.75, 3.05) is 25.6 Å². The Balaban J connectivity index is 1.62. The second kappa shape index (κ2) is 8.55. The van der Waals surface area contributed by atoms with Gasteiger partial charge in [0.05, 0.1) is 19.5 Å². The van der Waals surface area contributed by atoms with Crippen molar-refractivity contribution in [2.24, 2.45) is 0 Å². The zero-order valence-electron chi connectivity index (χ0n) is 18.3. The topological polar surface area (TPSA) is 106 Å². The number of benzene rings is 1. The number of hydrogen-bond donors (Lipinski definition) is 2. The first-order valence-electron chi connectivity index (χ1n) is 10.5. The van der Waals surface area contributed by atoms with Gasteiger partial charge in [-0.25, -0.2) is 4.98 Å². The van der Waals surface area contributed by atoms with E-state index in [1.54, 1.807) is 41.7 Å². The van der Waals surface area contributed by atoms with Gasteiger partial charge in [-0.3, -0.25) is 14.4 Å². The Kier molecular flexibility index (Phi) is 5.96. The monoisotopic (exact) mass is 459 g/mol. The number of nitrogens with zero attached hydrogens (tertiary/aromatic N) is 3. The average molecular weight is 460 g/mol. The molecule has 170 valence electrons. The summed E-state index contributed by atoms with van der Waals surface area (Å²) >= 11 is 6.15. The van der Waals surface area contributed by atoms with Crippen LogP contribution in [0.4, 0.5) is 5.69 Å². The van der Waals surface area contributed by atoms with E-state index in [1.807, 2.05) is 6.92 Å². The van der Waals surface area contributed by atoms with Crippen molar-refractivity contribution in [3.63, 3.8) is 0 Å². The van der Waals surface area contributed by atoms with Crippen molar-refractivity contribution < 1.29 is 19.1 Å². The Labute approximate surface area is 191 Å². The minimum absolute atomic E-state index is 0.0270. The lowest BCUT2D eigenvalue weighted by molar-refractivity contribution is -0.133. The molecular weight excluding hydrogens is 434 g/mol. The molecule has 3 amide bonds. The fourth-order valence-electron chi connectivity index (χ4n) is 4.04. The fourth-order valence-corrected chi connectivity index (χ4v) is 4.22. The molecule has 1 atom stereocenters. The van der Waals surface area contributed by atoms with E-state index < -0.39 is 11.4 Å². The molecule has 4 rings (SSSR count). The molecule has 9 nitrogen and oxygen atoms in total. The summed E-state index contributed by atoms with van der Waals surface area (Å²) in [6.45, 7) is 4.56. The first-order valence-corrected chi connectivity index (χ1v) is 10.9. The van der Waals surface area contributed by atoms with Crippen molar-refractivity contribution in [1.82, 2.24) is 19.8 Å². The number of aryl methyl sites for hydroxylation is 1. The first kappa shape index (κ1) is 22.3. The molecule has 1 unspecified atom stereocenters. The summed E-state index contributed by atoms with van der Waals surface area (Å²) in [5.74, 6) is -1.13. The fraction of sp³-hybridized carbons (Fsp3) is 0.455. The van der Waals surface area contributed by atoms with Gasteiger partial charge in [-0.15, -0.1) is 0 Å². The zero-order valence-corrected chi connectivity index (χ0v) is 19.0. The number of imidazole rings is 1. The van der Waals surface area contributed by atoms with Crippen LogP contribution >= 0.6 is 11.6 Å². The van der Waals surface area contributed by atoms with Crippen LogP contribution in [0.15, 0.2) is 24.5 Å². The molecule has 1 aromatic carbocycles. The van der Waals surface area contributed by atoms with Gasteiger partial charge in [0.1, 0.15) is 11.2 Å². The molecule has 32 heavy (non-hydrogen) atoms. The van der Waals surface area contributed by atoms with Crippen LogP contribution in [0.1, 0.15) is 46.3 Å². The molecule has 0 saturated heterocycles. The van der Waals surface area contributed by atoms with Gasteiger partial charge in [0.15, 0.2) is 5.69 Å². The number of amides is 3. The summed E-state index contributed by atoms with van der Waals surface area (Å²) in [6, 6.07) is 5.16. The highest BCUT2D eigenvalue weighted by Crippen LogP contribution is 2.39. The molecule has 2 aromatic rings. The van der Waals surface area contributed by atoms with Crippen molar-refractivity contribution in [1.29, 1.82) is 0 Å². The summed E-state index contributed by atoms with van der Waals surface area (Å²) in [6.07, 6.45) is 3.09. The molecule has 1 aliphatic heterocycles. The van der Waals surface area contributed by atoms with E-state index in [4.69, 9.17) is 16.3 Å². The highest BCUT2D eigenvalue weighted by molar-refractivity contribution is 6.31. The zero-order chi connectivity index (χ0) is 23.0. The van der Waals surface area contributed by atoms with Gasteiger partial charge < -0.3 is 24.8 Å². The molecular formula is C22H26ClN5O4. The maximum Gasteiger partial charge on any atom is 0.276 e. The number of ether oxygens (including phenoxy) is 1. The van der Waals surface area contributed by atoms with Gasteiger partial charge in [0, 0.05) is 30.4 Å². The van der Waals surface area contributed by atoms with E-state index in [1.165, 1.54) is 6.33 Å². The molecule has 2 heterocycles. The lowest BCUT2D eigenvalue weighted by Gasteiger charge is -2.44. The predicted octanol–water partition coefficient (Wildman–Crippen LogP) is 2.24. The SMILES string of the molecule is COCCNC(=O)C1(C)Cn2cnc(C(=O)Nc3ccc(C)c(Cl)c3)c2C(=O)N1C1CC1. The van der Waals surface area contributed by atoms with E-state index in [2.05, 4.69) is 15.6 Å². The summed E-state index contributed by atoms with van der Waals surface area (Å²) in [4.78, 5) is 45.4. The number of aromatic nitrogens is 2. The van der Waals surface area contributed by atoms with E-state index in [-0.39, 0.29) is 35.8 Å². The van der Waals surface area contributed by atoms with Crippen LogP contribution in [-0.2, 0) is 16.1 Å². The van der Waals surface area contributed by atoms with Gasteiger partial charge in [0.25, 0.3) is 11.8 Å². The van der Waals surface area contributed by atoms with Crippen molar-refractivity contribution in [2.45, 2.75) is 44.8 Å². The van der Waals surface area contributed by atoms with Crippen molar-refractivity contribution in [3.8, 4) is 0 Å². The summed E-state index contributed by atoms with van der Waals surface area (Å²) in [5.41, 5.74) is 0.533. The number of rotatable bonds is 7. The lowest BCUT2D eigenvalue weighted by Crippen LogP contribution is -2.65. The molecule has 1 aromatic heterocycles. The number of fused-ring (bicyclic) bond motifs is 1. The smallest absolute Gasteiger partial charge is 0.276 e. The van der Waals surface area contributed by atoms with Gasteiger partial charge in [0.2, 0.25) is 5.91 Å². The quantitative estimate of drug-likeness (QED) is 0.618. The second-order valence-electron chi connectivity index (χ2n) is 8.42. The number of halogens is 1. The minimum Gasteiger partial charge on any atom is -0.383 e. The van der Waals surface area contributed by atoms with Crippen molar-refractivity contribution in [3.05, 3.63) is 46.5 Å². The Hall–Kier alpha value is -2.91. The molecule has 0 bridgehead atoms. The molecule has 1 saturated carbocycles. The van der Waals surface area contributed by atoms with Crippen LogP contribution in [-0.4, -0.2) is 64.0 Å². The molecule has 2 aliphatic rings. The van der Waals surface area contributed by atoms with Crippen LogP contribution in [0.3, 0.4) is 0 Å². The Bertz CT molecular complexity index is 1080. The predicted molar refractivity (Wildman–Crippen MR) is 119 cm³/mol. The van der Waals surface area contributed by atoms with E-state index >= 15 is 0 Å². The number of hydrogen-bond acceptors (Lipinski definition) is 5. The van der Waals surface area contributed by atoms with E-state index in [0.29, 0.717) is 23.9 Å². The maximum atomic E-state index is 13.5. The van der Waals surface area contributed by atoms with Crippen LogP contribution in [0.2, 0.25) is 5.02 Å². The molecule has 2 N–H and O–H groups in total. The average Bonchev–Trinajstić information content (AvgIpc) is 3.48. The summed E-state index contributed by atoms with van der Waals surface area (Å²) < 4.78 is 6.60.